The molecule has 0 aliphatic heterocycles. The van der Waals surface area contributed by atoms with Crippen molar-refractivity contribution in [2.75, 3.05) is 13.2 Å². The maximum Gasteiger partial charge on any atom is 0.115 e. The fourth-order valence-electron chi connectivity index (χ4n) is 6.79. The zero-order valence-corrected chi connectivity index (χ0v) is 16.2. The van der Waals surface area contributed by atoms with Crippen molar-refractivity contribution < 1.29 is 5.11 Å². The molecule has 1 aromatic heterocycles. The Bertz CT molecular complexity index is 704. The number of aromatic nitrogens is 2. The topological polar surface area (TPSA) is 72.0 Å². The van der Waals surface area contributed by atoms with E-state index in [-0.39, 0.29) is 23.4 Å². The third-order valence-electron chi connectivity index (χ3n) is 8.56. The van der Waals surface area contributed by atoms with Gasteiger partial charge in [-0.1, -0.05) is 26.0 Å². The lowest BCUT2D eigenvalue weighted by Crippen LogP contribution is -2.53. The van der Waals surface area contributed by atoms with E-state index in [1.54, 1.807) is 6.33 Å². The summed E-state index contributed by atoms with van der Waals surface area (Å²) in [5.74, 6) is 1.95. The molecule has 0 aromatic carbocycles. The second-order valence-corrected chi connectivity index (χ2v) is 9.47. The fraction of sp³-hybridized carbons (Fsp3) is 0.727. The van der Waals surface area contributed by atoms with E-state index in [0.29, 0.717) is 17.8 Å². The van der Waals surface area contributed by atoms with Crippen LogP contribution in [0.3, 0.4) is 0 Å². The molecule has 0 amide bonds. The SMILES string of the molecule is C=C1CC[C@H]2C(CN)C(C3(C)Cc4cncnc4CC3CO)CC[C@]12C. The number of nitrogens with zero attached hydrogens (tertiary/aromatic N) is 2. The van der Waals surface area contributed by atoms with Gasteiger partial charge in [0.2, 0.25) is 0 Å². The smallest absolute Gasteiger partial charge is 0.115 e. The molecule has 4 unspecified atom stereocenters. The van der Waals surface area contributed by atoms with Gasteiger partial charge < -0.3 is 10.8 Å². The molecule has 1 aromatic rings. The van der Waals surface area contributed by atoms with E-state index in [9.17, 15) is 5.11 Å². The van der Waals surface area contributed by atoms with Crippen LogP contribution in [-0.4, -0.2) is 28.2 Å². The molecular weight excluding hydrogens is 322 g/mol. The highest BCUT2D eigenvalue weighted by molar-refractivity contribution is 5.26. The Labute approximate surface area is 157 Å². The monoisotopic (exact) mass is 355 g/mol. The standard InChI is InChI=1S/C22H33N3O/c1-14-4-5-18-17(10-23)19(6-7-21(14,18)2)22(3)9-15-11-24-13-25-20(15)8-16(22)12-26/h11,13,16-19,26H,1,4-10,12,23H2,2-3H3/t16?,17?,18-,19?,21+,22?/m0/s1. The maximum absolute atomic E-state index is 10.2. The Kier molecular flexibility index (Phi) is 4.47. The Morgan fingerprint density at radius 2 is 2.12 bits per heavy atom. The van der Waals surface area contributed by atoms with E-state index < -0.39 is 0 Å². The van der Waals surface area contributed by atoms with E-state index in [2.05, 4.69) is 30.4 Å². The molecule has 3 N–H and O–H groups in total. The number of fused-ring (bicyclic) bond motifs is 2. The van der Waals surface area contributed by atoms with Crippen molar-refractivity contribution in [2.45, 2.75) is 52.4 Å². The highest BCUT2D eigenvalue weighted by atomic mass is 16.3. The zero-order valence-electron chi connectivity index (χ0n) is 16.2. The van der Waals surface area contributed by atoms with Gasteiger partial charge in [0.15, 0.2) is 0 Å². The molecule has 0 radical (unpaired) electrons. The van der Waals surface area contributed by atoms with Gasteiger partial charge >= 0.3 is 0 Å². The lowest BCUT2D eigenvalue weighted by atomic mass is 9.49. The van der Waals surface area contributed by atoms with Crippen LogP contribution in [0.15, 0.2) is 24.7 Å². The number of nitrogens with two attached hydrogens (primary N) is 1. The maximum atomic E-state index is 10.2. The van der Waals surface area contributed by atoms with Gasteiger partial charge in [-0.2, -0.15) is 0 Å². The predicted molar refractivity (Wildman–Crippen MR) is 103 cm³/mol. The largest absolute Gasteiger partial charge is 0.396 e. The molecule has 0 bridgehead atoms. The molecule has 4 nitrogen and oxygen atoms in total. The molecule has 1 heterocycles. The lowest BCUT2D eigenvalue weighted by Gasteiger charge is -2.56. The lowest BCUT2D eigenvalue weighted by molar-refractivity contribution is -0.0539. The van der Waals surface area contributed by atoms with Crippen LogP contribution >= 0.6 is 0 Å². The van der Waals surface area contributed by atoms with E-state index in [1.165, 1.54) is 30.4 Å². The summed E-state index contributed by atoms with van der Waals surface area (Å²) in [4.78, 5) is 8.75. The number of rotatable bonds is 3. The highest BCUT2D eigenvalue weighted by Crippen LogP contribution is 2.62. The first kappa shape index (κ1) is 18.1. The second-order valence-electron chi connectivity index (χ2n) is 9.47. The summed E-state index contributed by atoms with van der Waals surface area (Å²) < 4.78 is 0. The Balaban J connectivity index is 1.70. The minimum absolute atomic E-state index is 0.0573. The summed E-state index contributed by atoms with van der Waals surface area (Å²) in [7, 11) is 0. The predicted octanol–water partition coefficient (Wildman–Crippen LogP) is 3.15. The molecule has 0 spiro atoms. The summed E-state index contributed by atoms with van der Waals surface area (Å²) >= 11 is 0. The van der Waals surface area contributed by atoms with Gasteiger partial charge in [-0.3, -0.25) is 0 Å². The molecular formula is C22H33N3O. The van der Waals surface area contributed by atoms with Crippen molar-refractivity contribution in [1.82, 2.24) is 9.97 Å². The van der Waals surface area contributed by atoms with Crippen molar-refractivity contribution in [3.63, 3.8) is 0 Å². The van der Waals surface area contributed by atoms with Crippen LogP contribution in [0.1, 0.15) is 50.8 Å². The molecule has 0 saturated heterocycles. The van der Waals surface area contributed by atoms with Gasteiger partial charge in [0.25, 0.3) is 0 Å². The molecule has 4 rings (SSSR count). The quantitative estimate of drug-likeness (QED) is 0.817. The normalized spacial score (nSPS) is 42.4. The zero-order chi connectivity index (χ0) is 18.5. The van der Waals surface area contributed by atoms with Crippen LogP contribution in [0.25, 0.3) is 0 Å². The van der Waals surface area contributed by atoms with E-state index in [4.69, 9.17) is 5.73 Å². The van der Waals surface area contributed by atoms with Crippen molar-refractivity contribution in [2.24, 2.45) is 40.2 Å². The summed E-state index contributed by atoms with van der Waals surface area (Å²) in [6.45, 7) is 10.2. The minimum atomic E-state index is 0.0573. The first-order valence-corrected chi connectivity index (χ1v) is 10.2. The average molecular weight is 356 g/mol. The van der Waals surface area contributed by atoms with Gasteiger partial charge in [-0.05, 0) is 85.1 Å². The van der Waals surface area contributed by atoms with Crippen molar-refractivity contribution in [1.29, 1.82) is 0 Å². The van der Waals surface area contributed by atoms with Crippen molar-refractivity contribution in [3.8, 4) is 0 Å². The number of aliphatic hydroxyl groups excluding tert-OH is 1. The number of hydrogen-bond acceptors (Lipinski definition) is 4. The van der Waals surface area contributed by atoms with Crippen LogP contribution in [0, 0.1) is 34.5 Å². The molecule has 142 valence electrons. The minimum Gasteiger partial charge on any atom is -0.396 e. The first-order chi connectivity index (χ1) is 12.4. The Hall–Kier alpha value is -1.26. The molecule has 26 heavy (non-hydrogen) atoms. The molecule has 3 aliphatic carbocycles. The summed E-state index contributed by atoms with van der Waals surface area (Å²) in [6, 6.07) is 0. The molecule has 2 saturated carbocycles. The van der Waals surface area contributed by atoms with Crippen molar-refractivity contribution >= 4 is 0 Å². The van der Waals surface area contributed by atoms with E-state index in [0.717, 1.165) is 31.5 Å². The molecule has 3 aliphatic rings. The molecule has 2 fully saturated rings. The van der Waals surface area contributed by atoms with E-state index in [1.807, 2.05) is 6.20 Å². The third-order valence-corrected chi connectivity index (χ3v) is 8.56. The molecule has 4 heteroatoms. The second kappa shape index (κ2) is 6.42. The Morgan fingerprint density at radius 3 is 2.85 bits per heavy atom. The number of aliphatic hydroxyl groups is 1. The van der Waals surface area contributed by atoms with Crippen LogP contribution in [-0.2, 0) is 12.8 Å². The summed E-state index contributed by atoms with van der Waals surface area (Å²) in [5.41, 5.74) is 10.5. The van der Waals surface area contributed by atoms with Crippen LogP contribution in [0.2, 0.25) is 0 Å². The van der Waals surface area contributed by atoms with Gasteiger partial charge in [0, 0.05) is 18.5 Å². The molecule has 6 atom stereocenters. The van der Waals surface area contributed by atoms with Crippen LogP contribution in [0.5, 0.6) is 0 Å². The van der Waals surface area contributed by atoms with Gasteiger partial charge in [0.1, 0.15) is 6.33 Å². The van der Waals surface area contributed by atoms with Gasteiger partial charge in [-0.15, -0.1) is 0 Å². The highest BCUT2D eigenvalue weighted by Gasteiger charge is 2.56. The van der Waals surface area contributed by atoms with Crippen LogP contribution < -0.4 is 5.73 Å². The summed E-state index contributed by atoms with van der Waals surface area (Å²) in [5, 5.41) is 10.2. The average Bonchev–Trinajstić information content (AvgIpc) is 2.95. The van der Waals surface area contributed by atoms with Crippen molar-refractivity contribution in [3.05, 3.63) is 35.9 Å². The Morgan fingerprint density at radius 1 is 1.31 bits per heavy atom. The number of allylic oxidation sites excluding steroid dienone is 1. The first-order valence-electron chi connectivity index (χ1n) is 10.2. The third kappa shape index (κ3) is 2.49. The van der Waals surface area contributed by atoms with Crippen LogP contribution in [0.4, 0.5) is 0 Å². The van der Waals surface area contributed by atoms with E-state index >= 15 is 0 Å². The summed E-state index contributed by atoms with van der Waals surface area (Å²) in [6.07, 6.45) is 10.2. The number of hydrogen-bond donors (Lipinski definition) is 2. The van der Waals surface area contributed by atoms with Gasteiger partial charge in [-0.25, -0.2) is 9.97 Å². The van der Waals surface area contributed by atoms with Gasteiger partial charge in [0.05, 0.1) is 0 Å². The fourth-order valence-corrected chi connectivity index (χ4v) is 6.79.